The van der Waals surface area contributed by atoms with E-state index in [1.165, 1.54) is 12.1 Å². The SMILES string of the molecule is CCC(C)=NO.Cc1ccc(S(=O)(=O)O)cc1. The van der Waals surface area contributed by atoms with Crippen LogP contribution >= 0.6 is 0 Å². The monoisotopic (exact) mass is 259 g/mol. The van der Waals surface area contributed by atoms with Gasteiger partial charge in [-0.25, -0.2) is 0 Å². The molecule has 0 unspecified atom stereocenters. The van der Waals surface area contributed by atoms with Crippen LogP contribution in [0.4, 0.5) is 0 Å². The van der Waals surface area contributed by atoms with E-state index in [-0.39, 0.29) is 4.90 Å². The molecule has 1 rings (SSSR count). The summed E-state index contributed by atoms with van der Waals surface area (Å²) >= 11 is 0. The Bertz CT molecular complexity index is 463. The molecule has 0 aliphatic carbocycles. The Kier molecular flexibility index (Phi) is 6.45. The summed E-state index contributed by atoms with van der Waals surface area (Å²) in [6.45, 7) is 5.56. The van der Waals surface area contributed by atoms with Gasteiger partial charge in [-0.05, 0) is 32.4 Å². The molecule has 0 spiro atoms. The van der Waals surface area contributed by atoms with Crippen molar-refractivity contribution in [1.29, 1.82) is 0 Å². The third-order valence-corrected chi connectivity index (χ3v) is 2.87. The topological polar surface area (TPSA) is 87.0 Å². The number of hydrogen-bond acceptors (Lipinski definition) is 4. The van der Waals surface area contributed by atoms with E-state index in [9.17, 15) is 8.42 Å². The molecule has 0 aliphatic heterocycles. The molecule has 0 saturated carbocycles. The van der Waals surface area contributed by atoms with E-state index in [0.29, 0.717) is 0 Å². The molecule has 0 fully saturated rings. The van der Waals surface area contributed by atoms with Gasteiger partial charge in [-0.3, -0.25) is 4.55 Å². The lowest BCUT2D eigenvalue weighted by Crippen LogP contribution is -1.96. The first kappa shape index (κ1) is 15.6. The van der Waals surface area contributed by atoms with Crippen LogP contribution in [0.2, 0.25) is 0 Å². The average Bonchev–Trinajstić information content (AvgIpc) is 2.28. The second-order valence-corrected chi connectivity index (χ2v) is 4.90. The quantitative estimate of drug-likeness (QED) is 0.370. The Morgan fingerprint density at radius 3 is 2.00 bits per heavy atom. The summed E-state index contributed by atoms with van der Waals surface area (Å²) < 4.78 is 29.6. The highest BCUT2D eigenvalue weighted by molar-refractivity contribution is 7.85. The molecule has 6 heteroatoms. The first-order chi connectivity index (χ1) is 7.81. The van der Waals surface area contributed by atoms with E-state index in [4.69, 9.17) is 9.76 Å². The standard InChI is InChI=1S/C7H8O3S.C4H9NO/c1-6-2-4-7(5-3-6)11(8,9)10;1-3-4(2)5-6/h2-5H,1H3,(H,8,9,10);6H,3H2,1-2H3. The second-order valence-electron chi connectivity index (χ2n) is 3.48. The van der Waals surface area contributed by atoms with Gasteiger partial charge in [0.1, 0.15) is 0 Å². The highest BCUT2D eigenvalue weighted by atomic mass is 32.2. The van der Waals surface area contributed by atoms with E-state index in [1.807, 2.05) is 13.8 Å². The molecule has 0 saturated heterocycles. The van der Waals surface area contributed by atoms with Crippen molar-refractivity contribution in [1.82, 2.24) is 0 Å². The molecule has 0 amide bonds. The number of benzene rings is 1. The minimum atomic E-state index is -4.02. The molecule has 0 aromatic heterocycles. The van der Waals surface area contributed by atoms with Gasteiger partial charge in [0.15, 0.2) is 0 Å². The lowest BCUT2D eigenvalue weighted by atomic mass is 10.2. The van der Waals surface area contributed by atoms with Gasteiger partial charge in [-0.15, -0.1) is 0 Å². The lowest BCUT2D eigenvalue weighted by molar-refractivity contribution is 0.317. The van der Waals surface area contributed by atoms with E-state index >= 15 is 0 Å². The van der Waals surface area contributed by atoms with Crippen molar-refractivity contribution in [2.24, 2.45) is 5.16 Å². The molecule has 0 atom stereocenters. The summed E-state index contributed by atoms with van der Waals surface area (Å²) in [5, 5.41) is 10.8. The second kappa shape index (κ2) is 7.03. The van der Waals surface area contributed by atoms with E-state index < -0.39 is 10.1 Å². The molecule has 1 aromatic carbocycles. The normalized spacial score (nSPS) is 11.6. The van der Waals surface area contributed by atoms with Crippen molar-refractivity contribution < 1.29 is 18.2 Å². The van der Waals surface area contributed by atoms with E-state index in [1.54, 1.807) is 19.1 Å². The van der Waals surface area contributed by atoms with Crippen LogP contribution in [0, 0.1) is 6.92 Å². The minimum Gasteiger partial charge on any atom is -0.411 e. The van der Waals surface area contributed by atoms with Crippen molar-refractivity contribution >= 4 is 15.8 Å². The molecule has 0 radical (unpaired) electrons. The summed E-state index contributed by atoms with van der Waals surface area (Å²) in [5.74, 6) is 0. The Morgan fingerprint density at radius 1 is 1.29 bits per heavy atom. The lowest BCUT2D eigenvalue weighted by Gasteiger charge is -1.95. The third-order valence-electron chi connectivity index (χ3n) is 2.00. The highest BCUT2D eigenvalue weighted by Crippen LogP contribution is 2.08. The fourth-order valence-corrected chi connectivity index (χ4v) is 1.26. The first-order valence-electron chi connectivity index (χ1n) is 5.03. The number of nitrogens with zero attached hydrogens (tertiary/aromatic N) is 1. The number of oxime groups is 1. The van der Waals surface area contributed by atoms with E-state index in [2.05, 4.69) is 5.16 Å². The zero-order valence-corrected chi connectivity index (χ0v) is 10.9. The van der Waals surface area contributed by atoms with Crippen molar-refractivity contribution in [2.75, 3.05) is 0 Å². The van der Waals surface area contributed by atoms with E-state index in [0.717, 1.165) is 17.7 Å². The molecule has 17 heavy (non-hydrogen) atoms. The summed E-state index contributed by atoms with van der Waals surface area (Å²) in [5.41, 5.74) is 1.73. The van der Waals surface area contributed by atoms with Gasteiger partial charge in [0.05, 0.1) is 10.6 Å². The molecule has 5 nitrogen and oxygen atoms in total. The van der Waals surface area contributed by atoms with Crippen molar-refractivity contribution in [3.63, 3.8) is 0 Å². The predicted molar refractivity (Wildman–Crippen MR) is 66.2 cm³/mol. The fraction of sp³-hybridized carbons (Fsp3) is 0.364. The largest absolute Gasteiger partial charge is 0.411 e. The van der Waals surface area contributed by atoms with Crippen molar-refractivity contribution in [3.8, 4) is 0 Å². The molecule has 0 heterocycles. The van der Waals surface area contributed by atoms with Crippen LogP contribution in [0.1, 0.15) is 25.8 Å². The Morgan fingerprint density at radius 2 is 1.76 bits per heavy atom. The molecule has 2 N–H and O–H groups in total. The highest BCUT2D eigenvalue weighted by Gasteiger charge is 2.06. The maximum Gasteiger partial charge on any atom is 0.294 e. The van der Waals surface area contributed by atoms with Crippen LogP contribution in [-0.4, -0.2) is 23.9 Å². The van der Waals surface area contributed by atoms with Gasteiger partial charge in [0.2, 0.25) is 0 Å². The summed E-state index contributed by atoms with van der Waals surface area (Å²) in [6.07, 6.45) is 0.830. The van der Waals surface area contributed by atoms with Crippen molar-refractivity contribution in [2.45, 2.75) is 32.1 Å². The van der Waals surface area contributed by atoms with Crippen LogP contribution in [-0.2, 0) is 10.1 Å². The first-order valence-corrected chi connectivity index (χ1v) is 6.47. The van der Waals surface area contributed by atoms with Gasteiger partial charge in [0, 0.05) is 0 Å². The minimum absolute atomic E-state index is 0.0666. The number of rotatable bonds is 2. The van der Waals surface area contributed by atoms with Gasteiger partial charge in [-0.2, -0.15) is 8.42 Å². The Labute approximate surface area is 102 Å². The summed E-state index contributed by atoms with van der Waals surface area (Å²) in [6, 6.07) is 5.99. The molecule has 0 aliphatic rings. The maximum absolute atomic E-state index is 10.5. The molecule has 0 bridgehead atoms. The predicted octanol–water partition coefficient (Wildman–Crippen LogP) is 2.49. The number of hydrogen-bond donors (Lipinski definition) is 2. The third kappa shape index (κ3) is 6.70. The maximum atomic E-state index is 10.5. The van der Waals surface area contributed by atoms with Gasteiger partial charge >= 0.3 is 0 Å². The zero-order chi connectivity index (χ0) is 13.5. The molecular formula is C11H17NO4S. The van der Waals surface area contributed by atoms with Crippen LogP contribution in [0.15, 0.2) is 34.3 Å². The summed E-state index contributed by atoms with van der Waals surface area (Å²) in [7, 11) is -4.02. The van der Waals surface area contributed by atoms with Crippen molar-refractivity contribution in [3.05, 3.63) is 29.8 Å². The van der Waals surface area contributed by atoms with Gasteiger partial charge < -0.3 is 5.21 Å². The molecule has 1 aromatic rings. The molecular weight excluding hydrogens is 242 g/mol. The van der Waals surface area contributed by atoms with Gasteiger partial charge in [0.25, 0.3) is 10.1 Å². The Balaban J connectivity index is 0.000000366. The van der Waals surface area contributed by atoms with Gasteiger partial charge in [-0.1, -0.05) is 29.8 Å². The van der Waals surface area contributed by atoms with Crippen LogP contribution in [0.5, 0.6) is 0 Å². The average molecular weight is 259 g/mol. The van der Waals surface area contributed by atoms with Crippen LogP contribution in [0.25, 0.3) is 0 Å². The smallest absolute Gasteiger partial charge is 0.294 e. The number of aryl methyl sites for hydroxylation is 1. The molecule has 96 valence electrons. The van der Waals surface area contributed by atoms with Crippen LogP contribution in [0.3, 0.4) is 0 Å². The Hall–Kier alpha value is -1.40. The summed E-state index contributed by atoms with van der Waals surface area (Å²) in [4.78, 5) is -0.0666. The van der Waals surface area contributed by atoms with Crippen LogP contribution < -0.4 is 0 Å². The fourth-order valence-electron chi connectivity index (χ4n) is 0.781. The zero-order valence-electron chi connectivity index (χ0n) is 10.1.